The lowest BCUT2D eigenvalue weighted by atomic mass is 9.82. The van der Waals surface area contributed by atoms with Gasteiger partial charge in [0.2, 0.25) is 0 Å². The molecule has 250 valence electrons. The van der Waals surface area contributed by atoms with Crippen LogP contribution in [0.2, 0.25) is 0 Å². The second-order valence-corrected chi connectivity index (χ2v) is 14.9. The van der Waals surface area contributed by atoms with Crippen LogP contribution >= 0.6 is 0 Å². The SMILES string of the molecule is CC1(C)c2ccccc2-c2c(-c3cccc(-n4c5ccccc5c5ccc6c(c7ccccc7n6-c6cccc(-c7ccccc7)c6)c54)c3)cccc21. The predicted molar refractivity (Wildman–Crippen MR) is 224 cm³/mol. The average Bonchev–Trinajstić information content (AvgIpc) is 3.82. The van der Waals surface area contributed by atoms with Crippen LogP contribution < -0.4 is 0 Å². The number of aromatic nitrogens is 2. The second-order valence-electron chi connectivity index (χ2n) is 14.9. The highest BCUT2D eigenvalue weighted by atomic mass is 15.0. The van der Waals surface area contributed by atoms with E-state index in [9.17, 15) is 0 Å². The van der Waals surface area contributed by atoms with Crippen LogP contribution in [0.5, 0.6) is 0 Å². The van der Waals surface area contributed by atoms with Gasteiger partial charge in [0.05, 0.1) is 22.1 Å². The van der Waals surface area contributed by atoms with Gasteiger partial charge >= 0.3 is 0 Å². The lowest BCUT2D eigenvalue weighted by molar-refractivity contribution is 0.660. The highest BCUT2D eigenvalue weighted by Crippen LogP contribution is 2.52. The van der Waals surface area contributed by atoms with Crippen LogP contribution in [0.15, 0.2) is 182 Å². The number of fused-ring (bicyclic) bond motifs is 10. The van der Waals surface area contributed by atoms with E-state index >= 15 is 0 Å². The fourth-order valence-corrected chi connectivity index (χ4v) is 9.32. The van der Waals surface area contributed by atoms with E-state index in [2.05, 4.69) is 205 Å². The number of para-hydroxylation sites is 2. The zero-order valence-electron chi connectivity index (χ0n) is 29.7. The monoisotopic (exact) mass is 676 g/mol. The number of nitrogens with zero attached hydrogens (tertiary/aromatic N) is 2. The molecular weight excluding hydrogens is 641 g/mol. The summed E-state index contributed by atoms with van der Waals surface area (Å²) in [5.74, 6) is 0. The molecule has 8 aromatic carbocycles. The van der Waals surface area contributed by atoms with Gasteiger partial charge in [0.1, 0.15) is 0 Å². The maximum atomic E-state index is 2.51. The molecule has 0 saturated heterocycles. The van der Waals surface area contributed by atoms with Gasteiger partial charge < -0.3 is 9.13 Å². The largest absolute Gasteiger partial charge is 0.309 e. The first-order valence-electron chi connectivity index (χ1n) is 18.5. The van der Waals surface area contributed by atoms with Crippen molar-refractivity contribution in [1.82, 2.24) is 9.13 Å². The minimum atomic E-state index is -0.0488. The van der Waals surface area contributed by atoms with Crippen molar-refractivity contribution in [2.75, 3.05) is 0 Å². The van der Waals surface area contributed by atoms with E-state index < -0.39 is 0 Å². The molecule has 0 saturated carbocycles. The first-order chi connectivity index (χ1) is 26.1. The van der Waals surface area contributed by atoms with Crippen LogP contribution in [0.25, 0.3) is 88.4 Å². The summed E-state index contributed by atoms with van der Waals surface area (Å²) >= 11 is 0. The maximum Gasteiger partial charge on any atom is 0.0641 e. The first-order valence-corrected chi connectivity index (χ1v) is 18.5. The quantitative estimate of drug-likeness (QED) is 0.176. The van der Waals surface area contributed by atoms with Crippen molar-refractivity contribution in [1.29, 1.82) is 0 Å². The highest BCUT2D eigenvalue weighted by molar-refractivity contribution is 6.26. The Morgan fingerprint density at radius 2 is 0.962 bits per heavy atom. The Morgan fingerprint density at radius 3 is 1.79 bits per heavy atom. The standard InChI is InChI=1S/C51H36N2/c1-51(2)43-25-9-6-22-41(43)48-38(24-14-26-44(48)51)35-18-13-20-37(32-35)53-45-27-10-7-21-39(45)40-29-30-47-49(50(40)53)42-23-8-11-28-46(42)52(47)36-19-12-17-34(31-36)33-15-4-3-5-16-33/h3-32H,1-2H3. The molecule has 1 aliphatic carbocycles. The predicted octanol–water partition coefficient (Wildman–Crippen LogP) is 13.5. The normalized spacial score (nSPS) is 13.2. The molecule has 0 bridgehead atoms. The Balaban J connectivity index is 1.19. The summed E-state index contributed by atoms with van der Waals surface area (Å²) in [7, 11) is 0. The molecule has 0 atom stereocenters. The third-order valence-electron chi connectivity index (χ3n) is 11.7. The van der Waals surface area contributed by atoms with E-state index in [-0.39, 0.29) is 5.41 Å². The fraction of sp³-hybridized carbons (Fsp3) is 0.0588. The molecule has 0 amide bonds. The third-order valence-corrected chi connectivity index (χ3v) is 11.7. The van der Waals surface area contributed by atoms with Crippen molar-refractivity contribution in [3.63, 3.8) is 0 Å². The van der Waals surface area contributed by atoms with E-state index in [1.807, 2.05) is 0 Å². The molecule has 0 spiro atoms. The van der Waals surface area contributed by atoms with E-state index in [1.165, 1.54) is 88.1 Å². The molecule has 2 nitrogen and oxygen atoms in total. The van der Waals surface area contributed by atoms with Gasteiger partial charge in [-0.05, 0) is 87.0 Å². The molecule has 0 N–H and O–H groups in total. The summed E-state index contributed by atoms with van der Waals surface area (Å²) in [5, 5.41) is 5.03. The Kier molecular flexibility index (Phi) is 6.33. The third kappa shape index (κ3) is 4.27. The van der Waals surface area contributed by atoms with E-state index in [0.717, 1.165) is 11.4 Å². The number of benzene rings is 8. The fourth-order valence-electron chi connectivity index (χ4n) is 9.32. The van der Waals surface area contributed by atoms with Crippen LogP contribution in [0.1, 0.15) is 25.0 Å². The minimum Gasteiger partial charge on any atom is -0.309 e. The van der Waals surface area contributed by atoms with Crippen molar-refractivity contribution in [3.8, 4) is 44.8 Å². The van der Waals surface area contributed by atoms with Crippen molar-refractivity contribution in [3.05, 3.63) is 193 Å². The molecule has 53 heavy (non-hydrogen) atoms. The number of hydrogen-bond donors (Lipinski definition) is 0. The average molecular weight is 677 g/mol. The molecule has 0 fully saturated rings. The maximum absolute atomic E-state index is 2.51. The van der Waals surface area contributed by atoms with Crippen LogP contribution in [-0.2, 0) is 5.41 Å². The molecular formula is C51H36N2. The van der Waals surface area contributed by atoms with Gasteiger partial charge in [-0.25, -0.2) is 0 Å². The van der Waals surface area contributed by atoms with Gasteiger partial charge in [0.15, 0.2) is 0 Å². The van der Waals surface area contributed by atoms with Gasteiger partial charge in [0.25, 0.3) is 0 Å². The van der Waals surface area contributed by atoms with Crippen molar-refractivity contribution in [2.24, 2.45) is 0 Å². The summed E-state index contributed by atoms with van der Waals surface area (Å²) in [6, 6.07) is 67.0. The number of rotatable bonds is 4. The molecule has 10 aromatic rings. The second kappa shape index (κ2) is 11.2. The summed E-state index contributed by atoms with van der Waals surface area (Å²) in [5.41, 5.74) is 17.5. The summed E-state index contributed by atoms with van der Waals surface area (Å²) in [6.07, 6.45) is 0. The Bertz CT molecular complexity index is 3080. The van der Waals surface area contributed by atoms with Crippen LogP contribution in [-0.4, -0.2) is 9.13 Å². The van der Waals surface area contributed by atoms with Crippen LogP contribution in [0, 0.1) is 0 Å². The molecule has 1 aliphatic rings. The van der Waals surface area contributed by atoms with Crippen molar-refractivity contribution in [2.45, 2.75) is 19.3 Å². The van der Waals surface area contributed by atoms with Crippen LogP contribution in [0.3, 0.4) is 0 Å². The smallest absolute Gasteiger partial charge is 0.0641 e. The minimum absolute atomic E-state index is 0.0488. The Morgan fingerprint density at radius 1 is 0.377 bits per heavy atom. The van der Waals surface area contributed by atoms with Gasteiger partial charge in [-0.2, -0.15) is 0 Å². The zero-order valence-corrected chi connectivity index (χ0v) is 29.7. The number of hydrogen-bond acceptors (Lipinski definition) is 0. The van der Waals surface area contributed by atoms with Crippen molar-refractivity contribution >= 4 is 43.6 Å². The van der Waals surface area contributed by atoms with Gasteiger partial charge in [0, 0.05) is 38.3 Å². The van der Waals surface area contributed by atoms with E-state index in [4.69, 9.17) is 0 Å². The van der Waals surface area contributed by atoms with E-state index in [0.29, 0.717) is 0 Å². The summed E-state index contributed by atoms with van der Waals surface area (Å²) in [4.78, 5) is 0. The lowest BCUT2D eigenvalue weighted by Crippen LogP contribution is -2.14. The zero-order chi connectivity index (χ0) is 35.3. The molecule has 2 aromatic heterocycles. The molecule has 0 aliphatic heterocycles. The molecule has 2 heteroatoms. The Hall–Kier alpha value is -6.64. The molecule has 11 rings (SSSR count). The van der Waals surface area contributed by atoms with Crippen molar-refractivity contribution < 1.29 is 0 Å². The summed E-state index contributed by atoms with van der Waals surface area (Å²) < 4.78 is 4.95. The first kappa shape index (κ1) is 30.0. The van der Waals surface area contributed by atoms with Crippen LogP contribution in [0.4, 0.5) is 0 Å². The topological polar surface area (TPSA) is 9.86 Å². The van der Waals surface area contributed by atoms with E-state index in [1.54, 1.807) is 0 Å². The molecule has 0 radical (unpaired) electrons. The van der Waals surface area contributed by atoms with Gasteiger partial charge in [-0.15, -0.1) is 0 Å². The highest BCUT2D eigenvalue weighted by Gasteiger charge is 2.36. The Labute approximate surface area is 308 Å². The van der Waals surface area contributed by atoms with Gasteiger partial charge in [-0.1, -0.05) is 153 Å². The van der Waals surface area contributed by atoms with Gasteiger partial charge in [-0.3, -0.25) is 0 Å². The summed E-state index contributed by atoms with van der Waals surface area (Å²) in [6.45, 7) is 4.71. The molecule has 0 unspecified atom stereocenters. The lowest BCUT2D eigenvalue weighted by Gasteiger charge is -2.21. The molecule has 2 heterocycles.